The molecule has 1 fully saturated rings. The van der Waals surface area contributed by atoms with E-state index in [1.165, 1.54) is 7.11 Å². The van der Waals surface area contributed by atoms with E-state index in [4.69, 9.17) is 32.7 Å². The minimum absolute atomic E-state index is 0.0907. The number of hydrogen-bond donors (Lipinski definition) is 1. The highest BCUT2D eigenvalue weighted by Crippen LogP contribution is 2.43. The van der Waals surface area contributed by atoms with E-state index in [0.717, 1.165) is 30.0 Å². The number of hydrogen-bond acceptors (Lipinski definition) is 9. The van der Waals surface area contributed by atoms with Gasteiger partial charge in [-0.2, -0.15) is 0 Å². The number of non-ortho nitro benzene ring substituents is 1. The van der Waals surface area contributed by atoms with Gasteiger partial charge in [0.25, 0.3) is 11.6 Å². The molecule has 0 aromatic heterocycles. The monoisotopic (exact) mass is 638 g/mol. The van der Waals surface area contributed by atoms with E-state index in [1.807, 2.05) is 0 Å². The van der Waals surface area contributed by atoms with E-state index < -0.39 is 21.2 Å². The van der Waals surface area contributed by atoms with Crippen LogP contribution in [-0.2, 0) is 4.79 Å². The summed E-state index contributed by atoms with van der Waals surface area (Å²) in [5.41, 5.74) is -0.108. The van der Waals surface area contributed by atoms with Gasteiger partial charge in [-0.1, -0.05) is 29.3 Å². The number of benzene rings is 3. The molecule has 0 bridgehead atoms. The lowest BCUT2D eigenvalue weighted by atomic mass is 10.2. The second kappa shape index (κ2) is 11.4. The van der Waals surface area contributed by atoms with Crippen LogP contribution in [0.2, 0.25) is 10.0 Å². The number of carbonyl (C=O) groups excluding carboxylic acids is 1. The summed E-state index contributed by atoms with van der Waals surface area (Å²) in [6.45, 7) is 0. The summed E-state index contributed by atoms with van der Waals surface area (Å²) in [6.07, 6.45) is 1.59. The lowest BCUT2D eigenvalue weighted by Crippen LogP contribution is -2.19. The van der Waals surface area contributed by atoms with Crippen molar-refractivity contribution < 1.29 is 24.1 Å². The lowest BCUT2D eigenvalue weighted by Gasteiger charge is -2.13. The Labute approximate surface area is 236 Å². The predicted octanol–water partition coefficient (Wildman–Crippen LogP) is 7.26. The number of nitro groups is 2. The Hall–Kier alpha value is -3.65. The average Bonchev–Trinajstić information content (AvgIpc) is 3.21. The van der Waals surface area contributed by atoms with Gasteiger partial charge in [0.05, 0.1) is 48.1 Å². The molecule has 1 heterocycles. The fraction of sp³-hybridized carbons (Fsp3) is 0.0435. The van der Waals surface area contributed by atoms with Crippen LogP contribution in [0.3, 0.4) is 0 Å². The van der Waals surface area contributed by atoms with Crippen LogP contribution >= 0.6 is 50.9 Å². The highest BCUT2D eigenvalue weighted by molar-refractivity contribution is 9.10. The average molecular weight is 640 g/mol. The largest absolute Gasteiger partial charge is 0.493 e. The molecule has 3 aromatic carbocycles. The normalized spacial score (nSPS) is 15.0. The van der Waals surface area contributed by atoms with Crippen LogP contribution in [0, 0.1) is 20.2 Å². The molecule has 0 atom stereocenters. The summed E-state index contributed by atoms with van der Waals surface area (Å²) in [4.78, 5) is 38.2. The van der Waals surface area contributed by atoms with Crippen LogP contribution in [-0.4, -0.2) is 28.0 Å². The van der Waals surface area contributed by atoms with Crippen LogP contribution in [0.4, 0.5) is 17.1 Å². The fourth-order valence-electron chi connectivity index (χ4n) is 3.20. The van der Waals surface area contributed by atoms with E-state index in [0.29, 0.717) is 30.8 Å². The van der Waals surface area contributed by atoms with Gasteiger partial charge in [0, 0.05) is 6.07 Å². The second-order valence-electron chi connectivity index (χ2n) is 7.36. The van der Waals surface area contributed by atoms with Gasteiger partial charge in [-0.05, 0) is 69.7 Å². The minimum atomic E-state index is -0.785. The van der Waals surface area contributed by atoms with Crippen LogP contribution in [0.1, 0.15) is 5.56 Å². The first-order valence-corrected chi connectivity index (χ1v) is 12.7. The highest BCUT2D eigenvalue weighted by atomic mass is 79.9. The first-order valence-electron chi connectivity index (χ1n) is 10.3. The number of thioether (sulfide) groups is 1. The molecule has 0 unspecified atom stereocenters. The molecule has 11 nitrogen and oxygen atoms in total. The van der Waals surface area contributed by atoms with Gasteiger partial charge in [0.15, 0.2) is 16.7 Å². The van der Waals surface area contributed by atoms with Gasteiger partial charge in [0.1, 0.15) is 0 Å². The van der Waals surface area contributed by atoms with E-state index >= 15 is 0 Å². The van der Waals surface area contributed by atoms with E-state index in [-0.39, 0.29) is 28.2 Å². The van der Waals surface area contributed by atoms with Crippen LogP contribution in [0.25, 0.3) is 6.08 Å². The number of methoxy groups -OCH3 is 1. The van der Waals surface area contributed by atoms with Crippen molar-refractivity contribution in [1.82, 2.24) is 5.32 Å². The molecular weight excluding hydrogens is 627 g/mol. The van der Waals surface area contributed by atoms with Crippen LogP contribution < -0.4 is 14.8 Å². The van der Waals surface area contributed by atoms with Gasteiger partial charge in [-0.3, -0.25) is 25.0 Å². The number of rotatable bonds is 7. The number of nitrogens with one attached hydrogen (secondary N) is 1. The molecule has 4 rings (SSSR count). The Morgan fingerprint density at radius 3 is 2.53 bits per heavy atom. The third-order valence-electron chi connectivity index (χ3n) is 4.92. The number of nitrogens with zero attached hydrogens (tertiary/aromatic N) is 3. The molecule has 1 N–H and O–H groups in total. The Bertz CT molecular complexity index is 1560. The number of carbonyl (C=O) groups is 1. The molecule has 0 aliphatic carbocycles. The van der Waals surface area contributed by atoms with E-state index in [2.05, 4.69) is 26.2 Å². The van der Waals surface area contributed by atoms with Crippen molar-refractivity contribution in [3.63, 3.8) is 0 Å². The molecule has 3 aromatic rings. The summed E-state index contributed by atoms with van der Waals surface area (Å²) in [7, 11) is 1.37. The first-order chi connectivity index (χ1) is 18.1. The molecular formula is C23H13BrCl2N4O7S. The number of amides is 1. The molecule has 0 radical (unpaired) electrons. The van der Waals surface area contributed by atoms with Crippen molar-refractivity contribution in [3.05, 3.63) is 93.7 Å². The maximum Gasteiger partial charge on any atom is 0.318 e. The summed E-state index contributed by atoms with van der Waals surface area (Å²) < 4.78 is 11.5. The van der Waals surface area contributed by atoms with Crippen molar-refractivity contribution in [3.8, 4) is 17.2 Å². The van der Waals surface area contributed by atoms with Gasteiger partial charge >= 0.3 is 5.69 Å². The third kappa shape index (κ3) is 5.91. The topological polar surface area (TPSA) is 146 Å². The summed E-state index contributed by atoms with van der Waals surface area (Å²) in [5.74, 6) is -0.337. The fourth-order valence-corrected chi connectivity index (χ4v) is 4.91. The first kappa shape index (κ1) is 27.4. The Kier molecular flexibility index (Phi) is 8.21. The van der Waals surface area contributed by atoms with Crippen molar-refractivity contribution in [2.75, 3.05) is 7.11 Å². The quantitative estimate of drug-likeness (QED) is 0.161. The Morgan fingerprint density at radius 2 is 1.84 bits per heavy atom. The van der Waals surface area contributed by atoms with E-state index in [1.54, 1.807) is 36.4 Å². The number of amidine groups is 1. The zero-order chi connectivity index (χ0) is 27.6. The number of nitro benzene ring substituents is 2. The predicted molar refractivity (Wildman–Crippen MR) is 148 cm³/mol. The van der Waals surface area contributed by atoms with Crippen LogP contribution in [0.5, 0.6) is 17.2 Å². The molecule has 38 heavy (non-hydrogen) atoms. The van der Waals surface area contributed by atoms with Crippen molar-refractivity contribution in [2.45, 2.75) is 0 Å². The number of aliphatic imine (C=N–C) groups is 1. The van der Waals surface area contributed by atoms with Gasteiger partial charge in [-0.25, -0.2) is 4.99 Å². The lowest BCUT2D eigenvalue weighted by molar-refractivity contribution is -0.394. The van der Waals surface area contributed by atoms with Crippen molar-refractivity contribution >= 4 is 85.1 Å². The third-order valence-corrected chi connectivity index (χ3v) is 7.22. The minimum Gasteiger partial charge on any atom is -0.493 e. The summed E-state index contributed by atoms with van der Waals surface area (Å²) >= 11 is 16.6. The van der Waals surface area contributed by atoms with Crippen molar-refractivity contribution in [2.24, 2.45) is 4.99 Å². The molecule has 1 saturated heterocycles. The van der Waals surface area contributed by atoms with Gasteiger partial charge in [-0.15, -0.1) is 0 Å². The second-order valence-corrected chi connectivity index (χ2v) is 10.0. The number of halogens is 3. The molecule has 15 heteroatoms. The van der Waals surface area contributed by atoms with Gasteiger partial charge < -0.3 is 14.8 Å². The standard InChI is InChI=1S/C23H13BrCl2N4O7S/c1-36-18-8-11(9-19-22(31)28-23(38-19)27-15-4-2-3-14(25)20(15)26)7-13(24)21(18)37-17-6-5-12(29(32)33)10-16(17)30(34)35/h2-10H,1H3,(H,27,28,31)/b19-9-. The molecule has 0 saturated carbocycles. The smallest absolute Gasteiger partial charge is 0.318 e. The maximum absolute atomic E-state index is 12.5. The zero-order valence-corrected chi connectivity index (χ0v) is 22.9. The van der Waals surface area contributed by atoms with E-state index in [9.17, 15) is 25.0 Å². The van der Waals surface area contributed by atoms with Gasteiger partial charge in [0.2, 0.25) is 5.75 Å². The summed E-state index contributed by atoms with van der Waals surface area (Å²) in [5, 5.41) is 26.0. The molecule has 1 amide bonds. The Morgan fingerprint density at radius 1 is 1.08 bits per heavy atom. The summed E-state index contributed by atoms with van der Waals surface area (Å²) in [6, 6.07) is 11.2. The number of ether oxygens (including phenoxy) is 2. The SMILES string of the molecule is COc1cc(/C=C2\SC(=Nc3cccc(Cl)c3Cl)NC2=O)cc(Br)c1Oc1ccc([N+](=O)[O-])cc1[N+](=O)[O-]. The molecule has 194 valence electrons. The van der Waals surface area contributed by atoms with Crippen molar-refractivity contribution in [1.29, 1.82) is 0 Å². The molecule has 1 aliphatic rings. The maximum atomic E-state index is 12.5. The van der Waals surface area contributed by atoms with Crippen LogP contribution in [0.15, 0.2) is 62.9 Å². The highest BCUT2D eigenvalue weighted by Gasteiger charge is 2.26. The molecule has 1 aliphatic heterocycles. The zero-order valence-electron chi connectivity index (χ0n) is 18.9. The Balaban J connectivity index is 1.64. The molecule has 0 spiro atoms.